The van der Waals surface area contributed by atoms with Crippen LogP contribution < -0.4 is 14.8 Å². The molecule has 9 nitrogen and oxygen atoms in total. The third-order valence-electron chi connectivity index (χ3n) is 6.29. The molecular weight excluding hydrogens is 512 g/mol. The number of nitrogens with zero attached hydrogens (tertiary/aromatic N) is 1. The molecule has 0 radical (unpaired) electrons. The fourth-order valence-electron chi connectivity index (χ4n) is 4.07. The molecule has 40 heavy (non-hydrogen) atoms. The van der Waals surface area contributed by atoms with Gasteiger partial charge >= 0.3 is 18.0 Å². The van der Waals surface area contributed by atoms with E-state index in [4.69, 9.17) is 18.9 Å². The average molecular weight is 547 g/mol. The van der Waals surface area contributed by atoms with Gasteiger partial charge in [0.05, 0.1) is 24.3 Å². The van der Waals surface area contributed by atoms with Crippen molar-refractivity contribution in [2.45, 2.75) is 25.4 Å². The molecule has 0 aromatic heterocycles. The molecule has 1 heterocycles. The topological polar surface area (TPSA) is 103 Å². The lowest BCUT2D eigenvalue weighted by atomic mass is 10.1. The Kier molecular flexibility index (Phi) is 10.9. The number of benzene rings is 3. The van der Waals surface area contributed by atoms with E-state index < -0.39 is 18.0 Å². The highest BCUT2D eigenvalue weighted by Crippen LogP contribution is 2.20. The van der Waals surface area contributed by atoms with Crippen LogP contribution in [0, 0.1) is 0 Å². The van der Waals surface area contributed by atoms with E-state index in [2.05, 4.69) is 5.32 Å². The van der Waals surface area contributed by atoms with E-state index in [1.807, 2.05) is 12.1 Å². The van der Waals surface area contributed by atoms with Gasteiger partial charge in [-0.3, -0.25) is 0 Å². The Balaban J connectivity index is 1.26. The monoisotopic (exact) mass is 546 g/mol. The summed E-state index contributed by atoms with van der Waals surface area (Å²) in [6.45, 7) is 2.99. The second kappa shape index (κ2) is 15.3. The number of urea groups is 1. The molecule has 1 atom stereocenters. The number of amides is 2. The summed E-state index contributed by atoms with van der Waals surface area (Å²) in [6, 6.07) is 24.2. The van der Waals surface area contributed by atoms with Gasteiger partial charge in [0.25, 0.3) is 0 Å². The number of nitrogens with one attached hydrogen (secondary N) is 1. The number of rotatable bonds is 12. The number of ether oxygens (including phenoxy) is 4. The molecule has 1 aliphatic rings. The van der Waals surface area contributed by atoms with Gasteiger partial charge in [-0.25, -0.2) is 14.4 Å². The number of hydrogen-bond donors (Lipinski definition) is 1. The number of morpholine rings is 1. The van der Waals surface area contributed by atoms with Crippen LogP contribution in [0.3, 0.4) is 0 Å². The average Bonchev–Trinajstić information content (AvgIpc) is 3.01. The van der Waals surface area contributed by atoms with Crippen LogP contribution in [0.1, 0.15) is 40.0 Å². The second-order valence-corrected chi connectivity index (χ2v) is 9.26. The van der Waals surface area contributed by atoms with Crippen molar-refractivity contribution < 1.29 is 33.3 Å². The fourth-order valence-corrected chi connectivity index (χ4v) is 4.07. The highest BCUT2D eigenvalue weighted by Gasteiger charge is 2.18. The molecule has 1 fully saturated rings. The van der Waals surface area contributed by atoms with Crippen molar-refractivity contribution in [1.82, 2.24) is 10.2 Å². The summed E-state index contributed by atoms with van der Waals surface area (Å²) in [4.78, 5) is 39.0. The maximum absolute atomic E-state index is 12.7. The molecule has 4 rings (SSSR count). The zero-order valence-corrected chi connectivity index (χ0v) is 22.3. The molecule has 1 aliphatic heterocycles. The standard InChI is InChI=1S/C31H34N2O7/c34-29(24-9-3-1-4-10-24)39-27-16-14-26(15-17-27)38-23-28(40-30(35)25-11-5-2-6-12-25)13-7-8-18-32-31(36)33-19-21-37-22-20-33/h1-6,9-12,14-17,28H,7-8,13,18-23H2,(H,32,36)/t28-/m0/s1. The summed E-state index contributed by atoms with van der Waals surface area (Å²) < 4.78 is 22.4. The molecule has 210 valence electrons. The first kappa shape index (κ1) is 28.6. The Morgan fingerprint density at radius 1 is 0.775 bits per heavy atom. The normalized spacial score (nSPS) is 13.7. The van der Waals surface area contributed by atoms with E-state index in [1.165, 1.54) is 0 Å². The SMILES string of the molecule is O=C(Oc1ccc(OC[C@H](CCCCNC(=O)N2CCOCC2)OC(=O)c2ccccc2)cc1)c1ccccc1. The van der Waals surface area contributed by atoms with Crippen LogP contribution in [0.5, 0.6) is 11.5 Å². The van der Waals surface area contributed by atoms with Crippen molar-refractivity contribution in [3.05, 3.63) is 96.1 Å². The largest absolute Gasteiger partial charge is 0.490 e. The van der Waals surface area contributed by atoms with Crippen LogP contribution >= 0.6 is 0 Å². The summed E-state index contributed by atoms with van der Waals surface area (Å²) in [7, 11) is 0. The molecule has 0 saturated carbocycles. The van der Waals surface area contributed by atoms with E-state index in [0.717, 1.165) is 12.8 Å². The van der Waals surface area contributed by atoms with Crippen LogP contribution in [0.4, 0.5) is 4.79 Å². The quantitative estimate of drug-likeness (QED) is 0.199. The van der Waals surface area contributed by atoms with Crippen molar-refractivity contribution in [2.24, 2.45) is 0 Å². The van der Waals surface area contributed by atoms with Gasteiger partial charge in [0.2, 0.25) is 0 Å². The Bertz CT molecular complexity index is 1210. The molecule has 0 bridgehead atoms. The second-order valence-electron chi connectivity index (χ2n) is 9.26. The molecule has 0 unspecified atom stereocenters. The molecule has 0 aliphatic carbocycles. The highest BCUT2D eigenvalue weighted by molar-refractivity contribution is 5.91. The van der Waals surface area contributed by atoms with Gasteiger partial charge in [0, 0.05) is 19.6 Å². The van der Waals surface area contributed by atoms with Gasteiger partial charge in [0.1, 0.15) is 24.2 Å². The fraction of sp³-hybridized carbons (Fsp3) is 0.323. The van der Waals surface area contributed by atoms with Crippen LogP contribution in [-0.2, 0) is 9.47 Å². The summed E-state index contributed by atoms with van der Waals surface area (Å²) in [5, 5.41) is 2.94. The van der Waals surface area contributed by atoms with Gasteiger partial charge in [-0.15, -0.1) is 0 Å². The molecule has 3 aromatic carbocycles. The minimum Gasteiger partial charge on any atom is -0.490 e. The van der Waals surface area contributed by atoms with Gasteiger partial charge in [0.15, 0.2) is 0 Å². The lowest BCUT2D eigenvalue weighted by Crippen LogP contribution is -2.46. The van der Waals surface area contributed by atoms with Gasteiger partial charge < -0.3 is 29.2 Å². The predicted octanol–water partition coefficient (Wildman–Crippen LogP) is 4.72. The molecule has 0 spiro atoms. The Hall–Kier alpha value is -4.37. The number of hydrogen-bond acceptors (Lipinski definition) is 7. The van der Waals surface area contributed by atoms with Gasteiger partial charge in [-0.2, -0.15) is 0 Å². The number of carbonyl (C=O) groups excluding carboxylic acids is 3. The van der Waals surface area contributed by atoms with Crippen molar-refractivity contribution in [1.29, 1.82) is 0 Å². The van der Waals surface area contributed by atoms with E-state index in [1.54, 1.807) is 77.7 Å². The van der Waals surface area contributed by atoms with Crippen LogP contribution in [0.15, 0.2) is 84.9 Å². The predicted molar refractivity (Wildman–Crippen MR) is 149 cm³/mol. The molecule has 1 saturated heterocycles. The first-order chi connectivity index (χ1) is 19.6. The molecule has 1 N–H and O–H groups in total. The zero-order valence-electron chi connectivity index (χ0n) is 22.3. The summed E-state index contributed by atoms with van der Waals surface area (Å²) in [6.07, 6.45) is 1.54. The summed E-state index contributed by atoms with van der Waals surface area (Å²) in [5.41, 5.74) is 0.932. The third kappa shape index (κ3) is 9.13. The van der Waals surface area contributed by atoms with E-state index >= 15 is 0 Å². The Morgan fingerprint density at radius 2 is 1.38 bits per heavy atom. The van der Waals surface area contributed by atoms with E-state index in [9.17, 15) is 14.4 Å². The van der Waals surface area contributed by atoms with Crippen molar-refractivity contribution in [2.75, 3.05) is 39.5 Å². The molecule has 3 aromatic rings. The summed E-state index contributed by atoms with van der Waals surface area (Å²) in [5.74, 6) is 0.0895. The first-order valence-electron chi connectivity index (χ1n) is 13.4. The van der Waals surface area contributed by atoms with Crippen LogP contribution in [0.2, 0.25) is 0 Å². The molecular formula is C31H34N2O7. The van der Waals surface area contributed by atoms with Crippen LogP contribution in [-0.4, -0.2) is 68.4 Å². The summed E-state index contributed by atoms with van der Waals surface area (Å²) >= 11 is 0. The van der Waals surface area contributed by atoms with Gasteiger partial charge in [-0.1, -0.05) is 36.4 Å². The highest BCUT2D eigenvalue weighted by atomic mass is 16.6. The van der Waals surface area contributed by atoms with E-state index in [-0.39, 0.29) is 12.6 Å². The Morgan fingerprint density at radius 3 is 2.02 bits per heavy atom. The van der Waals surface area contributed by atoms with E-state index in [0.29, 0.717) is 61.9 Å². The lowest BCUT2D eigenvalue weighted by molar-refractivity contribution is 0.0144. The third-order valence-corrected chi connectivity index (χ3v) is 6.29. The minimum absolute atomic E-state index is 0.0865. The maximum atomic E-state index is 12.7. The molecule has 2 amide bonds. The van der Waals surface area contributed by atoms with Crippen molar-refractivity contribution in [3.8, 4) is 11.5 Å². The number of esters is 2. The number of unbranched alkanes of at least 4 members (excludes halogenated alkanes) is 1. The molecule has 9 heteroatoms. The Labute approximate surface area is 234 Å². The van der Waals surface area contributed by atoms with Gasteiger partial charge in [-0.05, 0) is 67.8 Å². The lowest BCUT2D eigenvalue weighted by Gasteiger charge is -2.27. The first-order valence-corrected chi connectivity index (χ1v) is 13.4. The minimum atomic E-state index is -0.488. The number of carbonyl (C=O) groups is 3. The smallest absolute Gasteiger partial charge is 0.343 e. The van der Waals surface area contributed by atoms with Crippen LogP contribution in [0.25, 0.3) is 0 Å². The van der Waals surface area contributed by atoms with Crippen molar-refractivity contribution in [3.63, 3.8) is 0 Å². The van der Waals surface area contributed by atoms with Crippen molar-refractivity contribution >= 4 is 18.0 Å². The maximum Gasteiger partial charge on any atom is 0.343 e. The zero-order chi connectivity index (χ0) is 28.0.